The van der Waals surface area contributed by atoms with Gasteiger partial charge in [0.1, 0.15) is 5.54 Å². The first-order valence-corrected chi connectivity index (χ1v) is 6.13. The highest BCUT2D eigenvalue weighted by Gasteiger charge is 2.33. The highest BCUT2D eigenvalue weighted by molar-refractivity contribution is 5.80. The quantitative estimate of drug-likeness (QED) is 0.699. The van der Waals surface area contributed by atoms with E-state index in [2.05, 4.69) is 23.9 Å². The summed E-state index contributed by atoms with van der Waals surface area (Å²) in [5, 5.41) is 0. The van der Waals surface area contributed by atoms with Crippen molar-refractivity contribution >= 4 is 5.97 Å². The van der Waals surface area contributed by atoms with E-state index in [-0.39, 0.29) is 5.97 Å². The van der Waals surface area contributed by atoms with Crippen LogP contribution in [0.2, 0.25) is 0 Å². The molecule has 0 aromatic rings. The molecule has 1 aliphatic heterocycles. The Balaban J connectivity index is 2.42. The van der Waals surface area contributed by atoms with Gasteiger partial charge in [0.15, 0.2) is 0 Å². The molecule has 1 atom stereocenters. The minimum Gasteiger partial charge on any atom is -0.468 e. The van der Waals surface area contributed by atoms with Crippen molar-refractivity contribution in [3.63, 3.8) is 0 Å². The van der Waals surface area contributed by atoms with Crippen LogP contribution in [0.4, 0.5) is 0 Å². The van der Waals surface area contributed by atoms with Crippen molar-refractivity contribution in [2.45, 2.75) is 31.3 Å². The lowest BCUT2D eigenvalue weighted by atomic mass is 9.99. The van der Waals surface area contributed by atoms with Crippen molar-refractivity contribution in [1.29, 1.82) is 0 Å². The van der Waals surface area contributed by atoms with Crippen molar-refractivity contribution < 1.29 is 9.53 Å². The molecule has 100 valence electrons. The molecule has 17 heavy (non-hydrogen) atoms. The molecule has 1 saturated heterocycles. The molecule has 0 aromatic carbocycles. The first-order valence-electron chi connectivity index (χ1n) is 6.13. The van der Waals surface area contributed by atoms with Crippen molar-refractivity contribution in [3.05, 3.63) is 0 Å². The summed E-state index contributed by atoms with van der Waals surface area (Å²) in [6, 6.07) is 0.647. The highest BCUT2D eigenvalue weighted by atomic mass is 16.5. The summed E-state index contributed by atoms with van der Waals surface area (Å²) >= 11 is 0. The van der Waals surface area contributed by atoms with Gasteiger partial charge in [-0.25, -0.2) is 0 Å². The Morgan fingerprint density at radius 3 is 2.41 bits per heavy atom. The fraction of sp³-hybridized carbons (Fsp3) is 0.917. The summed E-state index contributed by atoms with van der Waals surface area (Å²) in [6.07, 6.45) is 2.26. The van der Waals surface area contributed by atoms with Gasteiger partial charge in [-0.3, -0.25) is 4.79 Å². The smallest absolute Gasteiger partial charge is 0.326 e. The van der Waals surface area contributed by atoms with E-state index >= 15 is 0 Å². The third-order valence-electron chi connectivity index (χ3n) is 3.49. The van der Waals surface area contributed by atoms with Crippen molar-refractivity contribution in [2.24, 2.45) is 5.73 Å². The topological polar surface area (TPSA) is 58.8 Å². The van der Waals surface area contributed by atoms with Gasteiger partial charge < -0.3 is 20.3 Å². The molecule has 0 radical (unpaired) electrons. The van der Waals surface area contributed by atoms with Crippen LogP contribution in [0.3, 0.4) is 0 Å². The Labute approximate surface area is 104 Å². The van der Waals surface area contributed by atoms with E-state index in [0.29, 0.717) is 12.6 Å². The Hall–Kier alpha value is -0.650. The number of ether oxygens (including phenoxy) is 1. The number of likely N-dealkylation sites (tertiary alicyclic amines) is 1. The van der Waals surface area contributed by atoms with Crippen LogP contribution in [-0.2, 0) is 9.53 Å². The number of esters is 1. The van der Waals surface area contributed by atoms with Crippen LogP contribution >= 0.6 is 0 Å². The fourth-order valence-corrected chi connectivity index (χ4v) is 2.36. The second-order valence-corrected chi connectivity index (χ2v) is 5.38. The molecule has 0 spiro atoms. The molecule has 2 N–H and O–H groups in total. The summed E-state index contributed by atoms with van der Waals surface area (Å²) < 4.78 is 4.72. The van der Waals surface area contributed by atoms with Gasteiger partial charge in [-0.2, -0.15) is 0 Å². The number of hydrogen-bond acceptors (Lipinski definition) is 5. The predicted molar refractivity (Wildman–Crippen MR) is 67.8 cm³/mol. The largest absolute Gasteiger partial charge is 0.468 e. The highest BCUT2D eigenvalue weighted by Crippen LogP contribution is 2.16. The van der Waals surface area contributed by atoms with Gasteiger partial charge >= 0.3 is 5.97 Å². The predicted octanol–water partition coefficient (Wildman–Crippen LogP) is -0.0972. The molecular formula is C12H25N3O2. The number of rotatable bonds is 4. The Morgan fingerprint density at radius 2 is 2.00 bits per heavy atom. The standard InChI is InChI=1S/C12H25N3O2/c1-12(13,11(16)17-4)9-15-7-5-10(6-8-15)14(2)3/h10H,5-9,13H2,1-4H3. The summed E-state index contributed by atoms with van der Waals surface area (Å²) in [6.45, 7) is 4.29. The number of carbonyl (C=O) groups excluding carboxylic acids is 1. The van der Waals surface area contributed by atoms with Gasteiger partial charge in [-0.15, -0.1) is 0 Å². The molecule has 5 nitrogen and oxygen atoms in total. The Kier molecular flexibility index (Phi) is 4.91. The van der Waals surface area contributed by atoms with Crippen LogP contribution in [0, 0.1) is 0 Å². The second-order valence-electron chi connectivity index (χ2n) is 5.38. The molecule has 1 aliphatic rings. The van der Waals surface area contributed by atoms with Gasteiger partial charge in [0.2, 0.25) is 0 Å². The lowest BCUT2D eigenvalue weighted by molar-refractivity contribution is -0.147. The molecule has 1 heterocycles. The van der Waals surface area contributed by atoms with E-state index in [1.165, 1.54) is 7.11 Å². The average molecular weight is 243 g/mol. The lowest BCUT2D eigenvalue weighted by Crippen LogP contribution is -2.56. The number of piperidine rings is 1. The first-order chi connectivity index (χ1) is 7.86. The lowest BCUT2D eigenvalue weighted by Gasteiger charge is -2.38. The van der Waals surface area contributed by atoms with Gasteiger partial charge in [-0.1, -0.05) is 0 Å². The van der Waals surface area contributed by atoms with E-state index in [4.69, 9.17) is 10.5 Å². The Morgan fingerprint density at radius 1 is 1.47 bits per heavy atom. The first kappa shape index (κ1) is 14.4. The van der Waals surface area contributed by atoms with Crippen LogP contribution in [0.15, 0.2) is 0 Å². The summed E-state index contributed by atoms with van der Waals surface area (Å²) in [4.78, 5) is 16.0. The SMILES string of the molecule is COC(=O)C(C)(N)CN1CCC(N(C)C)CC1. The van der Waals surface area contributed by atoms with Crippen LogP contribution < -0.4 is 5.73 Å². The van der Waals surface area contributed by atoms with Crippen molar-refractivity contribution in [3.8, 4) is 0 Å². The van der Waals surface area contributed by atoms with E-state index < -0.39 is 5.54 Å². The van der Waals surface area contributed by atoms with E-state index in [9.17, 15) is 4.79 Å². The molecule has 1 unspecified atom stereocenters. The number of methoxy groups -OCH3 is 1. The van der Waals surface area contributed by atoms with E-state index in [1.54, 1.807) is 6.92 Å². The zero-order valence-electron chi connectivity index (χ0n) is 11.4. The van der Waals surface area contributed by atoms with Crippen LogP contribution in [-0.4, -0.2) is 68.2 Å². The van der Waals surface area contributed by atoms with Crippen LogP contribution in [0.25, 0.3) is 0 Å². The number of nitrogens with two attached hydrogens (primary N) is 1. The van der Waals surface area contributed by atoms with Crippen molar-refractivity contribution in [2.75, 3.05) is 40.8 Å². The minimum atomic E-state index is -0.903. The number of nitrogens with zero attached hydrogens (tertiary/aromatic N) is 2. The van der Waals surface area contributed by atoms with Crippen LogP contribution in [0.5, 0.6) is 0 Å². The average Bonchev–Trinajstić information content (AvgIpc) is 2.28. The number of hydrogen-bond donors (Lipinski definition) is 1. The fourth-order valence-electron chi connectivity index (χ4n) is 2.36. The maximum Gasteiger partial charge on any atom is 0.326 e. The van der Waals surface area contributed by atoms with E-state index in [0.717, 1.165) is 25.9 Å². The van der Waals surface area contributed by atoms with Crippen LogP contribution in [0.1, 0.15) is 19.8 Å². The third kappa shape index (κ3) is 3.94. The Bertz CT molecular complexity index is 258. The summed E-state index contributed by atoms with van der Waals surface area (Å²) in [5.74, 6) is -0.341. The second kappa shape index (κ2) is 5.80. The van der Waals surface area contributed by atoms with E-state index in [1.807, 2.05) is 0 Å². The van der Waals surface area contributed by atoms with Crippen molar-refractivity contribution in [1.82, 2.24) is 9.80 Å². The molecule has 1 fully saturated rings. The van der Waals surface area contributed by atoms with Gasteiger partial charge in [0, 0.05) is 12.6 Å². The van der Waals surface area contributed by atoms with Gasteiger partial charge in [0.05, 0.1) is 7.11 Å². The molecule has 0 saturated carbocycles. The molecule has 0 aliphatic carbocycles. The maximum atomic E-state index is 11.5. The van der Waals surface area contributed by atoms with Gasteiger partial charge in [-0.05, 0) is 47.0 Å². The molecule has 0 amide bonds. The third-order valence-corrected chi connectivity index (χ3v) is 3.49. The zero-order chi connectivity index (χ0) is 13.1. The minimum absolute atomic E-state index is 0.341. The molecule has 5 heteroatoms. The summed E-state index contributed by atoms with van der Waals surface area (Å²) in [7, 11) is 5.61. The molecule has 0 aromatic heterocycles. The molecule has 1 rings (SSSR count). The number of carbonyl (C=O) groups is 1. The monoisotopic (exact) mass is 243 g/mol. The molecule has 0 bridgehead atoms. The molecular weight excluding hydrogens is 218 g/mol. The van der Waals surface area contributed by atoms with Gasteiger partial charge in [0.25, 0.3) is 0 Å². The zero-order valence-corrected chi connectivity index (χ0v) is 11.4. The normalized spacial score (nSPS) is 22.5. The maximum absolute atomic E-state index is 11.5. The summed E-state index contributed by atoms with van der Waals surface area (Å²) in [5.41, 5.74) is 5.07.